The lowest BCUT2D eigenvalue weighted by Gasteiger charge is -2.19. The van der Waals surface area contributed by atoms with Gasteiger partial charge in [0.25, 0.3) is 11.8 Å². The molecule has 0 fully saturated rings. The normalized spacial score (nSPS) is 10.8. The van der Waals surface area contributed by atoms with E-state index in [0.717, 1.165) is 5.56 Å². The number of amides is 5. The zero-order valence-corrected chi connectivity index (χ0v) is 32.5. The van der Waals surface area contributed by atoms with Crippen LogP contribution in [0.1, 0.15) is 26.3 Å². The minimum absolute atomic E-state index is 0.168. The van der Waals surface area contributed by atoms with E-state index in [9.17, 15) is 50.6 Å². The van der Waals surface area contributed by atoms with Crippen molar-refractivity contribution < 1.29 is 89.4 Å². The quantitative estimate of drug-likeness (QED) is 0.0535. The summed E-state index contributed by atoms with van der Waals surface area (Å²) in [6, 6.07) is 13.1. The lowest BCUT2D eigenvalue weighted by molar-refractivity contribution is -0.193. The Bertz CT molecular complexity index is 1560. The molecule has 0 bridgehead atoms. The summed E-state index contributed by atoms with van der Waals surface area (Å²) in [6.07, 6.45) is -11.2. The Morgan fingerprint density at radius 2 is 1.00 bits per heavy atom. The van der Waals surface area contributed by atoms with Crippen molar-refractivity contribution >= 4 is 41.6 Å². The Kier molecular flexibility index (Phi) is 28.2. The van der Waals surface area contributed by atoms with Gasteiger partial charge >= 0.3 is 36.4 Å². The molecule has 0 radical (unpaired) electrons. The van der Waals surface area contributed by atoms with Gasteiger partial charge in [0.05, 0.1) is 52.9 Å². The maximum Gasteiger partial charge on any atom is 0.490 e. The third-order valence-electron chi connectivity index (χ3n) is 6.68. The summed E-state index contributed by atoms with van der Waals surface area (Å²) in [4.78, 5) is 68.6. The largest absolute Gasteiger partial charge is 0.490 e. The molecule has 2 aromatic rings. The van der Waals surface area contributed by atoms with Gasteiger partial charge in [-0.05, 0) is 23.8 Å². The number of aliphatic carboxylic acids is 2. The first kappa shape index (κ1) is 55.2. The molecule has 26 heteroatoms. The number of benzene rings is 2. The van der Waals surface area contributed by atoms with Gasteiger partial charge in [-0.3, -0.25) is 9.59 Å². The molecule has 2 aromatic carbocycles. The summed E-state index contributed by atoms with van der Waals surface area (Å²) in [7, 11) is 0. The number of rotatable bonds is 24. The monoisotopic (exact) mass is 889 g/mol. The van der Waals surface area contributed by atoms with Crippen molar-refractivity contribution in [3.63, 3.8) is 0 Å². The first-order chi connectivity index (χ1) is 28.7. The minimum Gasteiger partial charge on any atom is -0.475 e. The molecule has 61 heavy (non-hydrogen) atoms. The molecule has 0 aliphatic heterocycles. The molecule has 344 valence electrons. The second-order valence-electron chi connectivity index (χ2n) is 11.5. The Morgan fingerprint density at radius 3 is 1.41 bits per heavy atom. The number of urea groups is 1. The fourth-order valence-corrected chi connectivity index (χ4v) is 3.97. The lowest BCUT2D eigenvalue weighted by atomic mass is 10.1. The molecule has 0 saturated carbocycles. The first-order valence-corrected chi connectivity index (χ1v) is 17.8. The summed E-state index contributed by atoms with van der Waals surface area (Å²) in [5, 5.41) is 34.4. The highest BCUT2D eigenvalue weighted by Crippen LogP contribution is 2.16. The Balaban J connectivity index is 0.00000219. The number of halogens is 6. The zero-order valence-electron chi connectivity index (χ0n) is 32.5. The van der Waals surface area contributed by atoms with Crippen molar-refractivity contribution in [2.45, 2.75) is 18.9 Å². The Hall–Kier alpha value is -5.80. The number of nitrogens with one attached hydrogen (secondary N) is 4. The zero-order chi connectivity index (χ0) is 46.3. The molecule has 0 unspecified atom stereocenters. The molecule has 0 heterocycles. The molecule has 0 spiro atoms. The summed E-state index contributed by atoms with van der Waals surface area (Å²) in [5.41, 5.74) is 12.2. The van der Waals surface area contributed by atoms with E-state index in [0.29, 0.717) is 26.3 Å². The Morgan fingerprint density at radius 1 is 0.590 bits per heavy atom. The topological polar surface area (TPSA) is 303 Å². The van der Waals surface area contributed by atoms with Crippen LogP contribution in [0.25, 0.3) is 0 Å². The van der Waals surface area contributed by atoms with E-state index in [-0.39, 0.29) is 89.2 Å². The van der Waals surface area contributed by atoms with Crippen LogP contribution in [0, 0.1) is 0 Å². The second-order valence-corrected chi connectivity index (χ2v) is 11.5. The van der Waals surface area contributed by atoms with Crippen LogP contribution >= 0.6 is 0 Å². The molecule has 2 rings (SSSR count). The van der Waals surface area contributed by atoms with Crippen LogP contribution in [-0.2, 0) is 35.1 Å². The number of alkyl halides is 6. The van der Waals surface area contributed by atoms with Crippen molar-refractivity contribution in [3.05, 3.63) is 65.2 Å². The Labute approximate surface area is 344 Å². The highest BCUT2D eigenvalue weighted by atomic mass is 19.4. The predicted octanol–water partition coefficient (Wildman–Crippen LogP) is 1.70. The molecule has 0 saturated heterocycles. The number of nitrogens with two attached hydrogens (primary N) is 2. The highest BCUT2D eigenvalue weighted by Gasteiger charge is 2.38. The van der Waals surface area contributed by atoms with Crippen molar-refractivity contribution in [2.24, 2.45) is 11.5 Å². The van der Waals surface area contributed by atoms with E-state index in [1.54, 1.807) is 0 Å². The summed E-state index contributed by atoms with van der Waals surface area (Å²) >= 11 is 0. The number of nitrogens with zero attached hydrogens (tertiary/aromatic N) is 1. The van der Waals surface area contributed by atoms with E-state index >= 15 is 0 Å². The van der Waals surface area contributed by atoms with Gasteiger partial charge in [-0.15, -0.1) is 0 Å². The van der Waals surface area contributed by atoms with Gasteiger partial charge in [0.2, 0.25) is 0 Å². The fourth-order valence-electron chi connectivity index (χ4n) is 3.97. The average Bonchev–Trinajstić information content (AvgIpc) is 3.19. The number of anilines is 1. The van der Waals surface area contributed by atoms with Crippen molar-refractivity contribution in [3.8, 4) is 0 Å². The molecule has 0 aromatic heterocycles. The van der Waals surface area contributed by atoms with Gasteiger partial charge in [0.15, 0.2) is 0 Å². The van der Waals surface area contributed by atoms with Crippen LogP contribution in [0.5, 0.6) is 0 Å². The fraction of sp³-hybridized carbons (Fsp3) is 0.486. The minimum atomic E-state index is -5.08. The molecular weight excluding hydrogens is 840 g/mol. The summed E-state index contributed by atoms with van der Waals surface area (Å²) in [6.45, 7) is 4.04. The average molecular weight is 890 g/mol. The van der Waals surface area contributed by atoms with Crippen LogP contribution in [0.4, 0.5) is 41.6 Å². The standard InChI is InChI=1S/C31H47N7O9.2C2HF3O2/c32-6-12-44-14-8-34-28(39)25-20-26(29(40)35-9-15-45-13-7-33)22-27(21-25)37-30(41)36-10-16-46-18-19-47-17-11-38(31(42)43)23-24-4-2-1-3-5-24;2*3-2(4,5)1(6)7/h1-5,20-22H,6-19,23,32-33H2,(H,34,39)(H,35,40)(H,42,43)(H2,36,37,41);2*(H,6,7). The highest BCUT2D eigenvalue weighted by molar-refractivity contribution is 6.02. The molecular formula is C35H49F6N7O13. The van der Waals surface area contributed by atoms with Crippen LogP contribution in [0.2, 0.25) is 0 Å². The maximum atomic E-state index is 12.8. The van der Waals surface area contributed by atoms with E-state index in [4.69, 9.17) is 50.2 Å². The first-order valence-electron chi connectivity index (χ1n) is 17.8. The van der Waals surface area contributed by atoms with Crippen LogP contribution in [0.15, 0.2) is 48.5 Å². The van der Waals surface area contributed by atoms with Crippen LogP contribution < -0.4 is 32.7 Å². The van der Waals surface area contributed by atoms with E-state index in [2.05, 4.69) is 21.3 Å². The van der Waals surface area contributed by atoms with Gasteiger partial charge in [-0.1, -0.05) is 30.3 Å². The van der Waals surface area contributed by atoms with Crippen molar-refractivity contribution in [2.75, 3.05) is 97.4 Å². The predicted molar refractivity (Wildman–Crippen MR) is 202 cm³/mol. The molecule has 5 amide bonds. The third kappa shape index (κ3) is 28.3. The van der Waals surface area contributed by atoms with Gasteiger partial charge < -0.3 is 71.9 Å². The number of ether oxygens (including phenoxy) is 4. The molecule has 0 aliphatic carbocycles. The molecule has 20 nitrogen and oxygen atoms in total. The summed E-state index contributed by atoms with van der Waals surface area (Å²) in [5.74, 6) is -6.42. The maximum absolute atomic E-state index is 12.8. The third-order valence-corrected chi connectivity index (χ3v) is 6.68. The van der Waals surface area contributed by atoms with E-state index in [1.165, 1.54) is 23.1 Å². The molecule has 0 aliphatic rings. The van der Waals surface area contributed by atoms with E-state index < -0.39 is 48.2 Å². The number of carboxylic acids is 2. The lowest BCUT2D eigenvalue weighted by Crippen LogP contribution is -2.33. The van der Waals surface area contributed by atoms with Crippen molar-refractivity contribution in [1.82, 2.24) is 20.9 Å². The SMILES string of the molecule is NCCOCCNC(=O)c1cc(NC(=O)NCCOCCOCCN(Cc2ccccc2)C(=O)O)cc(C(=O)NCCOCCN)c1.O=C(O)C(F)(F)F.O=C(O)C(F)(F)F. The van der Waals surface area contributed by atoms with Gasteiger partial charge in [0.1, 0.15) is 0 Å². The number of carboxylic acid groups (broad SMARTS) is 3. The van der Waals surface area contributed by atoms with E-state index in [1.807, 2.05) is 30.3 Å². The number of hydrogen-bond acceptors (Lipinski definition) is 12. The van der Waals surface area contributed by atoms with Crippen molar-refractivity contribution in [1.29, 1.82) is 0 Å². The number of hydrogen-bond donors (Lipinski definition) is 9. The number of carbonyl (C=O) groups excluding carboxylic acids is 3. The van der Waals surface area contributed by atoms with Crippen LogP contribution in [0.3, 0.4) is 0 Å². The van der Waals surface area contributed by atoms with Gasteiger partial charge in [-0.25, -0.2) is 19.2 Å². The molecule has 11 N–H and O–H groups in total. The molecule has 0 atom stereocenters. The van der Waals surface area contributed by atoms with Gasteiger partial charge in [-0.2, -0.15) is 26.3 Å². The smallest absolute Gasteiger partial charge is 0.475 e. The number of carbonyl (C=O) groups is 6. The summed E-state index contributed by atoms with van der Waals surface area (Å²) < 4.78 is 85.0. The van der Waals surface area contributed by atoms with Crippen LogP contribution in [-0.4, -0.2) is 161 Å². The van der Waals surface area contributed by atoms with Gasteiger partial charge in [0, 0.05) is 62.6 Å². The second kappa shape index (κ2) is 31.1.